The van der Waals surface area contributed by atoms with E-state index < -0.39 is 0 Å². The number of amides is 1. The second-order valence-electron chi connectivity index (χ2n) is 6.18. The molecule has 27 heavy (non-hydrogen) atoms. The molecule has 2 aromatic carbocycles. The van der Waals surface area contributed by atoms with Gasteiger partial charge in [0.15, 0.2) is 5.13 Å². The summed E-state index contributed by atoms with van der Waals surface area (Å²) in [4.78, 5) is 16.3. The molecule has 0 atom stereocenters. The normalized spacial score (nSPS) is 11.4. The standard InChI is InChI=1S/C19H19BrN4O2S/c1-11(2)26-16-6-4-13(7-14(16)20)10-22-24-18(25)9-12-3-5-15-17(8-12)27-19(21)23-15/h3-8,10-11H,9H2,1-2H3,(H2,21,23)(H,24,25)/b22-10-. The van der Waals surface area contributed by atoms with E-state index in [4.69, 9.17) is 10.5 Å². The molecule has 0 bridgehead atoms. The summed E-state index contributed by atoms with van der Waals surface area (Å²) in [5, 5.41) is 4.54. The number of carbonyl (C=O) groups is 1. The van der Waals surface area contributed by atoms with E-state index in [0.29, 0.717) is 5.13 Å². The summed E-state index contributed by atoms with van der Waals surface area (Å²) in [6.07, 6.45) is 1.92. The van der Waals surface area contributed by atoms with Crippen LogP contribution < -0.4 is 15.9 Å². The molecule has 0 saturated heterocycles. The van der Waals surface area contributed by atoms with Crippen molar-refractivity contribution in [1.82, 2.24) is 10.4 Å². The third-order valence-electron chi connectivity index (χ3n) is 3.56. The van der Waals surface area contributed by atoms with Crippen LogP contribution in [0.5, 0.6) is 5.75 Å². The Bertz CT molecular complexity index is 1000. The largest absolute Gasteiger partial charge is 0.490 e. The zero-order valence-corrected chi connectivity index (χ0v) is 17.3. The van der Waals surface area contributed by atoms with E-state index in [-0.39, 0.29) is 18.4 Å². The Hall–Kier alpha value is -2.45. The quantitative estimate of drug-likeness (QED) is 0.440. The van der Waals surface area contributed by atoms with Crippen molar-refractivity contribution in [1.29, 1.82) is 0 Å². The number of nitrogens with two attached hydrogens (primary N) is 1. The van der Waals surface area contributed by atoms with Gasteiger partial charge in [-0.3, -0.25) is 4.79 Å². The maximum Gasteiger partial charge on any atom is 0.244 e. The van der Waals surface area contributed by atoms with Gasteiger partial charge in [0.1, 0.15) is 5.75 Å². The van der Waals surface area contributed by atoms with E-state index in [1.165, 1.54) is 11.3 Å². The maximum absolute atomic E-state index is 12.1. The first-order valence-corrected chi connectivity index (χ1v) is 9.94. The number of fused-ring (bicyclic) bond motifs is 1. The minimum Gasteiger partial charge on any atom is -0.490 e. The number of nitrogens with zero attached hydrogens (tertiary/aromatic N) is 2. The predicted octanol–water partition coefficient (Wildman–Crippen LogP) is 4.12. The first-order chi connectivity index (χ1) is 12.9. The molecule has 0 aliphatic heterocycles. The van der Waals surface area contributed by atoms with Crippen LogP contribution in [0.4, 0.5) is 5.13 Å². The van der Waals surface area contributed by atoms with Gasteiger partial charge >= 0.3 is 0 Å². The lowest BCUT2D eigenvalue weighted by Crippen LogP contribution is -2.19. The van der Waals surface area contributed by atoms with Crippen LogP contribution in [-0.4, -0.2) is 23.2 Å². The minimum atomic E-state index is -0.193. The molecule has 140 valence electrons. The van der Waals surface area contributed by atoms with Crippen LogP contribution in [0.2, 0.25) is 0 Å². The molecule has 1 aromatic heterocycles. The minimum absolute atomic E-state index is 0.0979. The molecule has 0 unspecified atom stereocenters. The van der Waals surface area contributed by atoms with Crippen LogP contribution >= 0.6 is 27.3 Å². The molecular weight excluding hydrogens is 428 g/mol. The summed E-state index contributed by atoms with van der Waals surface area (Å²) in [5.41, 5.74) is 10.8. The molecule has 0 saturated carbocycles. The number of aromatic nitrogens is 1. The van der Waals surface area contributed by atoms with Gasteiger partial charge in [0.2, 0.25) is 5.91 Å². The SMILES string of the molecule is CC(C)Oc1ccc(/C=N\NC(=O)Cc2ccc3nc(N)sc3c2)cc1Br. The third-order valence-corrected chi connectivity index (χ3v) is 5.02. The topological polar surface area (TPSA) is 89.6 Å². The molecule has 0 spiro atoms. The summed E-state index contributed by atoms with van der Waals surface area (Å²) in [5.74, 6) is 0.576. The van der Waals surface area contributed by atoms with Crippen molar-refractivity contribution in [3.8, 4) is 5.75 Å². The Kier molecular flexibility index (Phi) is 6.08. The van der Waals surface area contributed by atoms with Gasteiger partial charge in [-0.1, -0.05) is 17.4 Å². The van der Waals surface area contributed by atoms with Crippen LogP contribution in [0, 0.1) is 0 Å². The Morgan fingerprint density at radius 3 is 2.93 bits per heavy atom. The summed E-state index contributed by atoms with van der Waals surface area (Å²) >= 11 is 4.88. The van der Waals surface area contributed by atoms with Crippen LogP contribution in [0.15, 0.2) is 46.0 Å². The number of nitrogen functional groups attached to an aromatic ring is 1. The molecular formula is C19H19BrN4O2S. The zero-order chi connectivity index (χ0) is 19.4. The number of rotatable bonds is 6. The summed E-state index contributed by atoms with van der Waals surface area (Å²) < 4.78 is 7.47. The number of thiazole rings is 1. The van der Waals surface area contributed by atoms with Crippen molar-refractivity contribution in [3.05, 3.63) is 52.0 Å². The van der Waals surface area contributed by atoms with Gasteiger partial charge in [0.25, 0.3) is 0 Å². The number of ether oxygens (including phenoxy) is 1. The summed E-state index contributed by atoms with van der Waals surface area (Å²) in [6, 6.07) is 11.3. The number of hydrogen-bond donors (Lipinski definition) is 2. The molecule has 3 aromatic rings. The average Bonchev–Trinajstić information content (AvgIpc) is 2.96. The highest BCUT2D eigenvalue weighted by atomic mass is 79.9. The lowest BCUT2D eigenvalue weighted by molar-refractivity contribution is -0.120. The van der Waals surface area contributed by atoms with Crippen molar-refractivity contribution in [3.63, 3.8) is 0 Å². The predicted molar refractivity (Wildman–Crippen MR) is 113 cm³/mol. The van der Waals surface area contributed by atoms with E-state index in [0.717, 1.165) is 31.6 Å². The number of hydrazone groups is 1. The van der Waals surface area contributed by atoms with Crippen molar-refractivity contribution in [2.45, 2.75) is 26.4 Å². The number of carbonyl (C=O) groups excluding carboxylic acids is 1. The lowest BCUT2D eigenvalue weighted by atomic mass is 10.1. The van der Waals surface area contributed by atoms with E-state index in [2.05, 4.69) is 31.4 Å². The van der Waals surface area contributed by atoms with Gasteiger partial charge in [-0.05, 0) is 71.2 Å². The molecule has 1 heterocycles. The number of anilines is 1. The summed E-state index contributed by atoms with van der Waals surface area (Å²) in [7, 11) is 0. The fraction of sp³-hybridized carbons (Fsp3) is 0.211. The van der Waals surface area contributed by atoms with Gasteiger partial charge in [0, 0.05) is 0 Å². The zero-order valence-electron chi connectivity index (χ0n) is 14.9. The van der Waals surface area contributed by atoms with Crippen LogP contribution in [0.25, 0.3) is 10.2 Å². The Morgan fingerprint density at radius 1 is 1.37 bits per heavy atom. The highest BCUT2D eigenvalue weighted by Gasteiger charge is 2.07. The average molecular weight is 447 g/mol. The van der Waals surface area contributed by atoms with Gasteiger partial charge in [-0.2, -0.15) is 5.10 Å². The Balaban J connectivity index is 1.58. The summed E-state index contributed by atoms with van der Waals surface area (Å²) in [6.45, 7) is 3.94. The molecule has 1 amide bonds. The monoisotopic (exact) mass is 446 g/mol. The van der Waals surface area contributed by atoms with E-state index in [9.17, 15) is 4.79 Å². The van der Waals surface area contributed by atoms with Crippen molar-refractivity contribution >= 4 is 54.7 Å². The lowest BCUT2D eigenvalue weighted by Gasteiger charge is -2.11. The number of hydrogen-bond acceptors (Lipinski definition) is 6. The maximum atomic E-state index is 12.1. The van der Waals surface area contributed by atoms with Crippen molar-refractivity contribution in [2.75, 3.05) is 5.73 Å². The van der Waals surface area contributed by atoms with E-state index in [1.54, 1.807) is 6.21 Å². The molecule has 3 N–H and O–H groups in total. The first-order valence-electron chi connectivity index (χ1n) is 8.34. The molecule has 8 heteroatoms. The fourth-order valence-electron chi connectivity index (χ4n) is 2.45. The van der Waals surface area contributed by atoms with Crippen LogP contribution in [0.1, 0.15) is 25.0 Å². The second kappa shape index (κ2) is 8.49. The van der Waals surface area contributed by atoms with Crippen molar-refractivity contribution in [2.24, 2.45) is 5.10 Å². The Morgan fingerprint density at radius 2 is 2.19 bits per heavy atom. The highest BCUT2D eigenvalue weighted by molar-refractivity contribution is 9.10. The van der Waals surface area contributed by atoms with Crippen LogP contribution in [0.3, 0.4) is 0 Å². The van der Waals surface area contributed by atoms with E-state index >= 15 is 0 Å². The van der Waals surface area contributed by atoms with Gasteiger partial charge < -0.3 is 10.5 Å². The molecule has 0 aliphatic rings. The Labute approximate surface area is 169 Å². The van der Waals surface area contributed by atoms with Crippen molar-refractivity contribution < 1.29 is 9.53 Å². The van der Waals surface area contributed by atoms with Gasteiger partial charge in [0.05, 0.1) is 33.4 Å². The third kappa shape index (κ3) is 5.27. The molecule has 0 aliphatic carbocycles. The smallest absolute Gasteiger partial charge is 0.244 e. The van der Waals surface area contributed by atoms with Gasteiger partial charge in [-0.25, -0.2) is 10.4 Å². The second-order valence-corrected chi connectivity index (χ2v) is 8.10. The molecule has 3 rings (SSSR count). The number of halogens is 1. The number of nitrogens with one attached hydrogen (secondary N) is 1. The molecule has 0 fully saturated rings. The first kappa shape index (κ1) is 19.3. The number of benzene rings is 2. The van der Waals surface area contributed by atoms with Gasteiger partial charge in [-0.15, -0.1) is 0 Å². The molecule has 6 nitrogen and oxygen atoms in total. The molecule has 0 radical (unpaired) electrons. The fourth-order valence-corrected chi connectivity index (χ4v) is 3.74. The van der Waals surface area contributed by atoms with Crippen LogP contribution in [-0.2, 0) is 11.2 Å². The van der Waals surface area contributed by atoms with E-state index in [1.807, 2.05) is 50.2 Å². The highest BCUT2D eigenvalue weighted by Crippen LogP contribution is 2.26.